The van der Waals surface area contributed by atoms with Gasteiger partial charge in [-0.25, -0.2) is 0 Å². The lowest BCUT2D eigenvalue weighted by Crippen LogP contribution is -2.34. The molecule has 1 aliphatic carbocycles. The van der Waals surface area contributed by atoms with Crippen LogP contribution in [0.5, 0.6) is 0 Å². The molecule has 0 spiro atoms. The normalized spacial score (nSPS) is 17.1. The topological polar surface area (TPSA) is 92.2 Å². The summed E-state index contributed by atoms with van der Waals surface area (Å²) in [7, 11) is 0. The van der Waals surface area contributed by atoms with Crippen LogP contribution in [0.2, 0.25) is 0 Å². The average Bonchev–Trinajstić information content (AvgIpc) is 2.80. The van der Waals surface area contributed by atoms with Crippen molar-refractivity contribution in [2.75, 3.05) is 6.54 Å². The molecule has 6 nitrogen and oxygen atoms in total. The van der Waals surface area contributed by atoms with Crippen LogP contribution >= 0.6 is 11.5 Å². The third-order valence-electron chi connectivity index (χ3n) is 2.49. The number of nitrogens with zero attached hydrogens (tertiary/aromatic N) is 2. The van der Waals surface area contributed by atoms with Crippen LogP contribution in [0.15, 0.2) is 5.38 Å². The summed E-state index contributed by atoms with van der Waals surface area (Å²) in [6, 6.07) is 0. The van der Waals surface area contributed by atoms with Crippen molar-refractivity contribution in [2.24, 2.45) is 5.41 Å². The Balaban J connectivity index is 1.89. The van der Waals surface area contributed by atoms with Crippen LogP contribution in [0.4, 0.5) is 0 Å². The summed E-state index contributed by atoms with van der Waals surface area (Å²) in [4.78, 5) is 22.2. The molecule has 0 saturated heterocycles. The molecule has 0 aliphatic heterocycles. The van der Waals surface area contributed by atoms with E-state index in [2.05, 4.69) is 14.9 Å². The van der Waals surface area contributed by atoms with Crippen molar-refractivity contribution in [2.45, 2.75) is 12.8 Å². The van der Waals surface area contributed by atoms with E-state index in [0.717, 1.165) is 11.5 Å². The van der Waals surface area contributed by atoms with Gasteiger partial charge in [-0.2, -0.15) is 0 Å². The lowest BCUT2D eigenvalue weighted by Gasteiger charge is -2.09. The monoisotopic (exact) mass is 227 g/mol. The summed E-state index contributed by atoms with van der Waals surface area (Å²) in [6.45, 7) is 0.165. The summed E-state index contributed by atoms with van der Waals surface area (Å²) >= 11 is 1.08. The highest BCUT2D eigenvalue weighted by Crippen LogP contribution is 2.45. The van der Waals surface area contributed by atoms with Crippen molar-refractivity contribution < 1.29 is 14.7 Å². The van der Waals surface area contributed by atoms with Gasteiger partial charge >= 0.3 is 5.97 Å². The van der Waals surface area contributed by atoms with Crippen LogP contribution in [0.1, 0.15) is 23.3 Å². The van der Waals surface area contributed by atoms with Crippen molar-refractivity contribution in [1.29, 1.82) is 0 Å². The van der Waals surface area contributed by atoms with E-state index < -0.39 is 11.4 Å². The van der Waals surface area contributed by atoms with Crippen LogP contribution < -0.4 is 5.32 Å². The molecule has 0 unspecified atom stereocenters. The van der Waals surface area contributed by atoms with Crippen LogP contribution in [0.3, 0.4) is 0 Å². The Morgan fingerprint density at radius 2 is 2.33 bits per heavy atom. The van der Waals surface area contributed by atoms with Gasteiger partial charge in [0.1, 0.15) is 0 Å². The van der Waals surface area contributed by atoms with E-state index in [0.29, 0.717) is 12.8 Å². The van der Waals surface area contributed by atoms with Crippen molar-refractivity contribution in [3.8, 4) is 0 Å². The second-order valence-corrected chi connectivity index (χ2v) is 4.17. The number of carbonyl (C=O) groups is 2. The predicted molar refractivity (Wildman–Crippen MR) is 51.5 cm³/mol. The minimum absolute atomic E-state index is 0.165. The molecule has 1 fully saturated rings. The second kappa shape index (κ2) is 3.58. The third-order valence-corrected chi connectivity index (χ3v) is 2.99. The van der Waals surface area contributed by atoms with E-state index in [9.17, 15) is 9.59 Å². The summed E-state index contributed by atoms with van der Waals surface area (Å²) < 4.78 is 3.55. The molecule has 1 amide bonds. The number of amides is 1. The third kappa shape index (κ3) is 1.96. The molecule has 1 aliphatic rings. The van der Waals surface area contributed by atoms with Crippen molar-refractivity contribution in [3.63, 3.8) is 0 Å². The quantitative estimate of drug-likeness (QED) is 0.762. The molecular formula is C8H9N3O3S. The Bertz CT molecular complexity index is 386. The maximum absolute atomic E-state index is 11.4. The number of hydrogen-bond donors (Lipinski definition) is 2. The Morgan fingerprint density at radius 3 is 2.80 bits per heavy atom. The molecule has 1 aromatic heterocycles. The minimum atomic E-state index is -0.848. The number of nitrogens with one attached hydrogen (secondary N) is 1. The van der Waals surface area contributed by atoms with Gasteiger partial charge < -0.3 is 10.4 Å². The van der Waals surface area contributed by atoms with E-state index in [4.69, 9.17) is 5.11 Å². The van der Waals surface area contributed by atoms with E-state index in [-0.39, 0.29) is 18.1 Å². The van der Waals surface area contributed by atoms with Gasteiger partial charge in [0.2, 0.25) is 0 Å². The van der Waals surface area contributed by atoms with Gasteiger partial charge in [-0.15, -0.1) is 5.10 Å². The molecule has 15 heavy (non-hydrogen) atoms. The Labute approximate surface area is 89.5 Å². The maximum Gasteiger partial charge on any atom is 0.311 e. The number of carbonyl (C=O) groups excluding carboxylic acids is 1. The average molecular weight is 227 g/mol. The smallest absolute Gasteiger partial charge is 0.311 e. The molecule has 0 aromatic carbocycles. The molecular weight excluding hydrogens is 218 g/mol. The summed E-state index contributed by atoms with van der Waals surface area (Å²) in [5.74, 6) is -1.21. The fraction of sp³-hybridized carbons (Fsp3) is 0.500. The SMILES string of the molecule is O=C(NCC1(C(=O)O)CC1)c1csnn1. The molecule has 80 valence electrons. The second-order valence-electron chi connectivity index (χ2n) is 3.56. The molecule has 2 rings (SSSR count). The molecule has 1 aromatic rings. The van der Waals surface area contributed by atoms with Crippen LogP contribution in [0.25, 0.3) is 0 Å². The molecule has 0 atom stereocenters. The number of aliphatic carboxylic acids is 1. The Morgan fingerprint density at radius 1 is 1.60 bits per heavy atom. The van der Waals surface area contributed by atoms with Gasteiger partial charge in [-0.1, -0.05) is 4.49 Å². The zero-order chi connectivity index (χ0) is 10.9. The van der Waals surface area contributed by atoms with Crippen LogP contribution in [-0.4, -0.2) is 33.1 Å². The fourth-order valence-corrected chi connectivity index (χ4v) is 1.66. The van der Waals surface area contributed by atoms with Gasteiger partial charge in [-0.05, 0) is 24.4 Å². The summed E-state index contributed by atoms with van der Waals surface area (Å²) in [6.07, 6.45) is 1.25. The zero-order valence-corrected chi connectivity index (χ0v) is 8.58. The number of aromatic nitrogens is 2. The van der Waals surface area contributed by atoms with E-state index >= 15 is 0 Å². The number of hydrogen-bond acceptors (Lipinski definition) is 5. The van der Waals surface area contributed by atoms with E-state index in [1.54, 1.807) is 0 Å². The molecule has 1 heterocycles. The van der Waals surface area contributed by atoms with Crippen molar-refractivity contribution >= 4 is 23.4 Å². The highest BCUT2D eigenvalue weighted by atomic mass is 32.1. The summed E-state index contributed by atoms with van der Waals surface area (Å²) in [5, 5.41) is 16.5. The van der Waals surface area contributed by atoms with E-state index in [1.165, 1.54) is 5.38 Å². The Kier molecular flexibility index (Phi) is 2.39. The standard InChI is InChI=1S/C8H9N3O3S/c12-6(5-3-15-11-10-5)9-4-8(1-2-8)7(13)14/h3H,1-2,4H2,(H,9,12)(H,13,14). The first-order chi connectivity index (χ1) is 7.14. The molecule has 1 saturated carbocycles. The molecule has 2 N–H and O–H groups in total. The first-order valence-corrected chi connectivity index (χ1v) is 5.26. The van der Waals surface area contributed by atoms with Crippen LogP contribution in [0, 0.1) is 5.41 Å². The fourth-order valence-electron chi connectivity index (χ4n) is 1.22. The molecule has 7 heteroatoms. The molecule has 0 bridgehead atoms. The van der Waals surface area contributed by atoms with Crippen molar-refractivity contribution in [1.82, 2.24) is 14.9 Å². The number of carboxylic acids is 1. The largest absolute Gasteiger partial charge is 0.481 e. The highest BCUT2D eigenvalue weighted by Gasteiger charge is 2.50. The lowest BCUT2D eigenvalue weighted by atomic mass is 10.1. The first kappa shape index (κ1) is 10.0. The zero-order valence-electron chi connectivity index (χ0n) is 7.77. The van der Waals surface area contributed by atoms with Gasteiger partial charge in [0, 0.05) is 11.9 Å². The number of rotatable bonds is 4. The van der Waals surface area contributed by atoms with Gasteiger partial charge in [-0.3, -0.25) is 9.59 Å². The van der Waals surface area contributed by atoms with Gasteiger partial charge in [0.25, 0.3) is 5.91 Å². The first-order valence-electron chi connectivity index (χ1n) is 4.43. The van der Waals surface area contributed by atoms with E-state index in [1.807, 2.05) is 0 Å². The summed E-state index contributed by atoms with van der Waals surface area (Å²) in [5.41, 5.74) is -0.500. The lowest BCUT2D eigenvalue weighted by molar-refractivity contribution is -0.143. The predicted octanol–water partition coefficient (Wildman–Crippen LogP) is 0.133. The van der Waals surface area contributed by atoms with Gasteiger partial charge in [0.15, 0.2) is 5.69 Å². The van der Waals surface area contributed by atoms with Crippen LogP contribution in [-0.2, 0) is 4.79 Å². The highest BCUT2D eigenvalue weighted by molar-refractivity contribution is 7.03. The minimum Gasteiger partial charge on any atom is -0.481 e. The molecule has 0 radical (unpaired) electrons. The van der Waals surface area contributed by atoms with Crippen molar-refractivity contribution in [3.05, 3.63) is 11.1 Å². The maximum atomic E-state index is 11.4. The number of carboxylic acid groups (broad SMARTS) is 1. The Hall–Kier alpha value is -1.50. The van der Waals surface area contributed by atoms with Gasteiger partial charge in [0.05, 0.1) is 5.41 Å².